The molecular formula is C14H13F6N3O. The number of nitrogens with zero attached hydrogens (tertiary/aromatic N) is 2. The number of amidine groups is 1. The van der Waals surface area contributed by atoms with Gasteiger partial charge in [-0.25, -0.2) is 9.79 Å². The largest absolute Gasteiger partial charge is 0.441 e. The Labute approximate surface area is 133 Å². The van der Waals surface area contributed by atoms with Gasteiger partial charge in [-0.15, -0.1) is 0 Å². The van der Waals surface area contributed by atoms with Gasteiger partial charge < -0.3 is 0 Å². The summed E-state index contributed by atoms with van der Waals surface area (Å²) in [6.45, 7) is 0.840. The number of hydrogen-bond donors (Lipinski definition) is 1. The van der Waals surface area contributed by atoms with E-state index in [1.165, 1.54) is 0 Å². The Morgan fingerprint density at radius 2 is 1.62 bits per heavy atom. The molecule has 0 radical (unpaired) electrons. The van der Waals surface area contributed by atoms with Crippen LogP contribution in [0.2, 0.25) is 0 Å². The first-order valence-corrected chi connectivity index (χ1v) is 6.81. The summed E-state index contributed by atoms with van der Waals surface area (Å²) in [5, 5.41) is 0.976. The number of rotatable bonds is 3. The van der Waals surface area contributed by atoms with Crippen LogP contribution in [-0.4, -0.2) is 41.3 Å². The summed E-state index contributed by atoms with van der Waals surface area (Å²) in [6.07, 6.45) is -11.4. The molecule has 0 spiro atoms. The molecule has 0 bridgehead atoms. The molecule has 2 amide bonds. The van der Waals surface area contributed by atoms with Crippen LogP contribution in [0.5, 0.6) is 0 Å². The second-order valence-corrected chi connectivity index (χ2v) is 5.18. The second-order valence-electron chi connectivity index (χ2n) is 5.18. The predicted molar refractivity (Wildman–Crippen MR) is 73.3 cm³/mol. The molecule has 2 rings (SSSR count). The van der Waals surface area contributed by atoms with Crippen LogP contribution in [0.15, 0.2) is 35.3 Å². The lowest BCUT2D eigenvalue weighted by Gasteiger charge is -2.40. The van der Waals surface area contributed by atoms with Gasteiger partial charge >= 0.3 is 24.0 Å². The molecule has 1 heterocycles. The van der Waals surface area contributed by atoms with Crippen molar-refractivity contribution in [2.24, 2.45) is 4.99 Å². The van der Waals surface area contributed by atoms with Gasteiger partial charge in [-0.3, -0.25) is 10.2 Å². The van der Waals surface area contributed by atoms with E-state index in [0.717, 1.165) is 22.7 Å². The highest BCUT2D eigenvalue weighted by molar-refractivity contribution is 5.98. The first-order valence-electron chi connectivity index (χ1n) is 6.81. The lowest BCUT2D eigenvalue weighted by atomic mass is 10.1. The Morgan fingerprint density at radius 1 is 1.08 bits per heavy atom. The van der Waals surface area contributed by atoms with Crippen molar-refractivity contribution >= 4 is 11.9 Å². The molecule has 1 aromatic rings. The number of carbonyl (C=O) groups is 1. The molecule has 0 aromatic heterocycles. The molecule has 0 unspecified atom stereocenters. The molecule has 24 heavy (non-hydrogen) atoms. The van der Waals surface area contributed by atoms with E-state index in [1.807, 2.05) is 0 Å². The number of nitrogens with one attached hydrogen (secondary N) is 1. The smallest absolute Gasteiger partial charge is 0.298 e. The molecule has 1 aliphatic heterocycles. The van der Waals surface area contributed by atoms with E-state index in [-0.39, 0.29) is 13.0 Å². The van der Waals surface area contributed by atoms with E-state index in [9.17, 15) is 31.1 Å². The van der Waals surface area contributed by atoms with Gasteiger partial charge in [0.1, 0.15) is 5.84 Å². The highest BCUT2D eigenvalue weighted by Gasteiger charge is 2.74. The molecule has 10 heteroatoms. The van der Waals surface area contributed by atoms with E-state index < -0.39 is 29.9 Å². The van der Waals surface area contributed by atoms with E-state index in [1.54, 1.807) is 30.3 Å². The number of amides is 2. The fourth-order valence-corrected chi connectivity index (χ4v) is 2.28. The van der Waals surface area contributed by atoms with Gasteiger partial charge in [0, 0.05) is 6.54 Å². The van der Waals surface area contributed by atoms with Crippen LogP contribution >= 0.6 is 0 Å². The number of carbonyl (C=O) groups excluding carboxylic acids is 1. The van der Waals surface area contributed by atoms with E-state index in [0.29, 0.717) is 0 Å². The number of benzene rings is 1. The van der Waals surface area contributed by atoms with Gasteiger partial charge in [0.2, 0.25) is 0 Å². The Morgan fingerprint density at radius 3 is 2.08 bits per heavy atom. The van der Waals surface area contributed by atoms with Crippen LogP contribution in [-0.2, 0) is 6.42 Å². The van der Waals surface area contributed by atoms with E-state index in [4.69, 9.17) is 0 Å². The second kappa shape index (κ2) is 5.99. The van der Waals surface area contributed by atoms with Crippen molar-refractivity contribution in [2.75, 3.05) is 6.54 Å². The summed E-state index contributed by atoms with van der Waals surface area (Å²) in [4.78, 5) is 15.4. The maximum absolute atomic E-state index is 13.0. The summed E-state index contributed by atoms with van der Waals surface area (Å²) in [6, 6.07) is 7.17. The zero-order chi connectivity index (χ0) is 18.2. The maximum atomic E-state index is 13.0. The zero-order valence-electron chi connectivity index (χ0n) is 12.4. The summed E-state index contributed by atoms with van der Waals surface area (Å²) >= 11 is 0. The summed E-state index contributed by atoms with van der Waals surface area (Å²) in [5.74, 6) is -0.649. The van der Waals surface area contributed by atoms with Crippen molar-refractivity contribution in [3.63, 3.8) is 0 Å². The minimum Gasteiger partial charge on any atom is -0.298 e. The molecule has 132 valence electrons. The predicted octanol–water partition coefficient (Wildman–Crippen LogP) is 3.49. The van der Waals surface area contributed by atoms with Crippen molar-refractivity contribution in [3.8, 4) is 0 Å². The number of aliphatic imine (C=N–C) groups is 1. The van der Waals surface area contributed by atoms with Crippen molar-refractivity contribution in [2.45, 2.75) is 31.4 Å². The standard InChI is InChI=1S/C14H13F6N3O/c1-9-21-12(13(15,16)17,14(18,19)20)22-11(24)23(9)8-7-10-5-3-2-4-6-10/h2-6H,7-8H2,1H3,(H,22,24). The number of hydrogen-bond acceptors (Lipinski definition) is 2. The Balaban J connectivity index is 2.29. The van der Waals surface area contributed by atoms with Crippen LogP contribution in [0.25, 0.3) is 0 Å². The Kier molecular flexibility index (Phi) is 4.51. The SMILES string of the molecule is CC1=NC(C(F)(F)F)(C(F)(F)F)NC(=O)N1CCc1ccccc1. The molecule has 1 N–H and O–H groups in total. The molecule has 0 saturated carbocycles. The van der Waals surface area contributed by atoms with Gasteiger partial charge in [-0.05, 0) is 18.9 Å². The monoisotopic (exact) mass is 353 g/mol. The molecular weight excluding hydrogens is 340 g/mol. The van der Waals surface area contributed by atoms with Crippen molar-refractivity contribution in [1.29, 1.82) is 0 Å². The van der Waals surface area contributed by atoms with Crippen LogP contribution in [0.1, 0.15) is 12.5 Å². The van der Waals surface area contributed by atoms with E-state index >= 15 is 0 Å². The maximum Gasteiger partial charge on any atom is 0.441 e. The van der Waals surface area contributed by atoms with Gasteiger partial charge in [-0.1, -0.05) is 30.3 Å². The van der Waals surface area contributed by atoms with Crippen LogP contribution in [0.4, 0.5) is 31.1 Å². The average Bonchev–Trinajstić information content (AvgIpc) is 2.45. The minimum atomic E-state index is -5.81. The van der Waals surface area contributed by atoms with Crippen LogP contribution < -0.4 is 5.32 Å². The van der Waals surface area contributed by atoms with E-state index in [2.05, 4.69) is 4.99 Å². The van der Waals surface area contributed by atoms with Gasteiger partial charge in [0.25, 0.3) is 0 Å². The van der Waals surface area contributed by atoms with Crippen LogP contribution in [0, 0.1) is 0 Å². The molecule has 0 fully saturated rings. The first-order chi connectivity index (χ1) is 11.0. The number of halogens is 6. The fraction of sp³-hybridized carbons (Fsp3) is 0.429. The highest BCUT2D eigenvalue weighted by Crippen LogP contribution is 2.45. The molecule has 1 aliphatic rings. The fourth-order valence-electron chi connectivity index (χ4n) is 2.28. The first kappa shape index (κ1) is 18.1. The molecule has 0 saturated heterocycles. The molecule has 4 nitrogen and oxygen atoms in total. The van der Waals surface area contributed by atoms with Gasteiger partial charge in [0.15, 0.2) is 0 Å². The number of alkyl halides is 6. The third-order valence-corrected chi connectivity index (χ3v) is 3.54. The van der Waals surface area contributed by atoms with Crippen LogP contribution in [0.3, 0.4) is 0 Å². The van der Waals surface area contributed by atoms with Crippen molar-refractivity contribution in [3.05, 3.63) is 35.9 Å². The topological polar surface area (TPSA) is 44.7 Å². The molecule has 1 aromatic carbocycles. The Hall–Kier alpha value is -2.26. The number of urea groups is 1. The summed E-state index contributed by atoms with van der Waals surface area (Å²) in [5.41, 5.74) is -3.84. The Bertz CT molecular complexity index is 624. The van der Waals surface area contributed by atoms with Crippen molar-refractivity contribution in [1.82, 2.24) is 10.2 Å². The third kappa shape index (κ3) is 3.17. The summed E-state index contributed by atoms with van der Waals surface area (Å²) in [7, 11) is 0. The van der Waals surface area contributed by atoms with Gasteiger partial charge in [0.05, 0.1) is 0 Å². The minimum absolute atomic E-state index is 0.100. The highest BCUT2D eigenvalue weighted by atomic mass is 19.4. The molecule has 0 aliphatic carbocycles. The molecule has 0 atom stereocenters. The van der Waals surface area contributed by atoms with Gasteiger partial charge in [-0.2, -0.15) is 26.3 Å². The summed E-state index contributed by atoms with van der Waals surface area (Å²) < 4.78 is 77.7. The average molecular weight is 353 g/mol. The quantitative estimate of drug-likeness (QED) is 0.831. The third-order valence-electron chi connectivity index (χ3n) is 3.54. The van der Waals surface area contributed by atoms with Crippen molar-refractivity contribution < 1.29 is 31.1 Å². The zero-order valence-corrected chi connectivity index (χ0v) is 12.4. The normalized spacial score (nSPS) is 18.2. The lowest BCUT2D eigenvalue weighted by Crippen LogP contribution is -2.71. The lowest BCUT2D eigenvalue weighted by molar-refractivity contribution is -0.302.